The molecule has 0 bridgehead atoms. The van der Waals surface area contributed by atoms with Gasteiger partial charge in [0.1, 0.15) is 5.02 Å². The minimum Gasteiger partial charge on any atom is -0.329 e. The summed E-state index contributed by atoms with van der Waals surface area (Å²) in [6.45, 7) is 1.77. The van der Waals surface area contributed by atoms with E-state index in [-0.39, 0.29) is 10.7 Å². The summed E-state index contributed by atoms with van der Waals surface area (Å²) in [6, 6.07) is 4.74. The van der Waals surface area contributed by atoms with Crippen molar-refractivity contribution in [2.24, 2.45) is 5.73 Å². The third-order valence-corrected chi connectivity index (χ3v) is 2.18. The van der Waals surface area contributed by atoms with Crippen LogP contribution in [0.3, 0.4) is 0 Å². The zero-order valence-corrected chi connectivity index (χ0v) is 8.83. The Labute approximate surface area is 92.4 Å². The van der Waals surface area contributed by atoms with Crippen LogP contribution in [0.25, 0.3) is 0 Å². The molecule has 0 aliphatic heterocycles. The van der Waals surface area contributed by atoms with Crippen molar-refractivity contribution in [3.05, 3.63) is 38.9 Å². The van der Waals surface area contributed by atoms with E-state index in [1.807, 2.05) is 0 Å². The third-order valence-electron chi connectivity index (χ3n) is 1.86. The molecule has 0 unspecified atom stereocenters. The molecule has 0 aliphatic carbocycles. The highest BCUT2D eigenvalue weighted by Gasteiger charge is 2.12. The third kappa shape index (κ3) is 3.47. The molecule has 0 saturated carbocycles. The zero-order valence-electron chi connectivity index (χ0n) is 8.07. The highest BCUT2D eigenvalue weighted by molar-refractivity contribution is 6.32. The molecule has 3 N–H and O–H groups in total. The standard InChI is InChI=1S/C9H12ClN3O2/c10-8-2-1-7(6-12-4-3-11)5-9(8)13(14)15/h1-2,5,12H,3-4,6,11H2. The number of benzene rings is 1. The Morgan fingerprint density at radius 1 is 1.53 bits per heavy atom. The average molecular weight is 230 g/mol. The molecule has 0 aliphatic rings. The van der Waals surface area contributed by atoms with Gasteiger partial charge in [-0.3, -0.25) is 10.1 Å². The summed E-state index contributed by atoms with van der Waals surface area (Å²) >= 11 is 5.67. The average Bonchev–Trinajstić information content (AvgIpc) is 2.20. The van der Waals surface area contributed by atoms with E-state index >= 15 is 0 Å². The van der Waals surface area contributed by atoms with Crippen LogP contribution in [0.1, 0.15) is 5.56 Å². The first-order valence-electron chi connectivity index (χ1n) is 4.48. The molecule has 0 radical (unpaired) electrons. The fraction of sp³-hybridized carbons (Fsp3) is 0.333. The number of nitrogens with two attached hydrogens (primary N) is 1. The maximum atomic E-state index is 10.6. The van der Waals surface area contributed by atoms with Crippen LogP contribution in [-0.4, -0.2) is 18.0 Å². The van der Waals surface area contributed by atoms with Gasteiger partial charge in [0.05, 0.1) is 4.92 Å². The Morgan fingerprint density at radius 2 is 2.27 bits per heavy atom. The van der Waals surface area contributed by atoms with Crippen molar-refractivity contribution in [1.29, 1.82) is 0 Å². The summed E-state index contributed by atoms with van der Waals surface area (Å²) in [5.41, 5.74) is 6.06. The van der Waals surface area contributed by atoms with Gasteiger partial charge in [0.25, 0.3) is 5.69 Å². The molecule has 1 aromatic rings. The fourth-order valence-corrected chi connectivity index (χ4v) is 1.33. The molecular formula is C9H12ClN3O2. The van der Waals surface area contributed by atoms with Crippen LogP contribution >= 0.6 is 11.6 Å². The van der Waals surface area contributed by atoms with Gasteiger partial charge in [-0.25, -0.2) is 0 Å². The van der Waals surface area contributed by atoms with E-state index in [2.05, 4.69) is 5.32 Å². The van der Waals surface area contributed by atoms with E-state index in [1.54, 1.807) is 6.07 Å². The van der Waals surface area contributed by atoms with Crippen LogP contribution in [0.4, 0.5) is 5.69 Å². The molecule has 0 spiro atoms. The van der Waals surface area contributed by atoms with Gasteiger partial charge in [-0.15, -0.1) is 0 Å². The van der Waals surface area contributed by atoms with Crippen molar-refractivity contribution in [1.82, 2.24) is 5.32 Å². The molecule has 1 rings (SSSR count). The van der Waals surface area contributed by atoms with Gasteiger partial charge < -0.3 is 11.1 Å². The Bertz CT molecular complexity index is 357. The summed E-state index contributed by atoms with van der Waals surface area (Å²) in [4.78, 5) is 10.1. The quantitative estimate of drug-likeness (QED) is 0.453. The van der Waals surface area contributed by atoms with Crippen molar-refractivity contribution >= 4 is 17.3 Å². The van der Waals surface area contributed by atoms with Gasteiger partial charge >= 0.3 is 0 Å². The molecular weight excluding hydrogens is 218 g/mol. The SMILES string of the molecule is NCCNCc1ccc(Cl)c([N+](=O)[O-])c1. The second kappa shape index (κ2) is 5.65. The van der Waals surface area contributed by atoms with Gasteiger partial charge in [0.2, 0.25) is 0 Å². The maximum Gasteiger partial charge on any atom is 0.288 e. The monoisotopic (exact) mass is 229 g/mol. The van der Waals surface area contributed by atoms with Gasteiger partial charge in [-0.1, -0.05) is 17.7 Å². The summed E-state index contributed by atoms with van der Waals surface area (Å²) < 4.78 is 0. The van der Waals surface area contributed by atoms with Crippen LogP contribution in [0.5, 0.6) is 0 Å². The van der Waals surface area contributed by atoms with E-state index in [9.17, 15) is 10.1 Å². The van der Waals surface area contributed by atoms with Crippen molar-refractivity contribution in [3.63, 3.8) is 0 Å². The molecule has 0 fully saturated rings. The van der Waals surface area contributed by atoms with Crippen LogP contribution in [0.15, 0.2) is 18.2 Å². The molecule has 0 heterocycles. The Kier molecular flexibility index (Phi) is 4.48. The summed E-state index contributed by atoms with van der Waals surface area (Å²) in [6.07, 6.45) is 0. The van der Waals surface area contributed by atoms with Gasteiger partial charge in [-0.2, -0.15) is 0 Å². The van der Waals surface area contributed by atoms with Gasteiger partial charge in [0.15, 0.2) is 0 Å². The molecule has 6 heteroatoms. The molecule has 0 amide bonds. The number of rotatable bonds is 5. The van der Waals surface area contributed by atoms with Crippen LogP contribution in [-0.2, 0) is 6.54 Å². The van der Waals surface area contributed by atoms with Crippen molar-refractivity contribution in [3.8, 4) is 0 Å². The van der Waals surface area contributed by atoms with Crippen molar-refractivity contribution in [2.45, 2.75) is 6.54 Å². The number of hydrogen-bond donors (Lipinski definition) is 2. The Balaban J connectivity index is 2.74. The molecule has 82 valence electrons. The van der Waals surface area contributed by atoms with Crippen LogP contribution in [0.2, 0.25) is 5.02 Å². The lowest BCUT2D eigenvalue weighted by molar-refractivity contribution is -0.384. The smallest absolute Gasteiger partial charge is 0.288 e. The first-order valence-corrected chi connectivity index (χ1v) is 4.86. The highest BCUT2D eigenvalue weighted by atomic mass is 35.5. The van der Waals surface area contributed by atoms with Crippen molar-refractivity contribution in [2.75, 3.05) is 13.1 Å². The Morgan fingerprint density at radius 3 is 2.87 bits per heavy atom. The van der Waals surface area contributed by atoms with E-state index in [0.717, 1.165) is 5.56 Å². The fourth-order valence-electron chi connectivity index (χ4n) is 1.14. The summed E-state index contributed by atoms with van der Waals surface area (Å²) in [5.74, 6) is 0. The van der Waals surface area contributed by atoms with E-state index < -0.39 is 4.92 Å². The minimum atomic E-state index is -0.491. The number of nitrogens with one attached hydrogen (secondary N) is 1. The number of nitro groups is 1. The second-order valence-corrected chi connectivity index (χ2v) is 3.42. The highest BCUT2D eigenvalue weighted by Crippen LogP contribution is 2.24. The first-order chi connectivity index (χ1) is 7.15. The largest absolute Gasteiger partial charge is 0.329 e. The summed E-state index contributed by atoms with van der Waals surface area (Å²) in [7, 11) is 0. The molecule has 15 heavy (non-hydrogen) atoms. The lowest BCUT2D eigenvalue weighted by Gasteiger charge is -2.03. The number of halogens is 1. The van der Waals surface area contributed by atoms with Gasteiger partial charge in [-0.05, 0) is 11.6 Å². The molecule has 1 aromatic carbocycles. The number of nitro benzene ring substituents is 1. The second-order valence-electron chi connectivity index (χ2n) is 3.01. The number of nitrogens with zero attached hydrogens (tertiary/aromatic N) is 1. The lowest BCUT2D eigenvalue weighted by atomic mass is 10.2. The van der Waals surface area contributed by atoms with Crippen LogP contribution < -0.4 is 11.1 Å². The molecule has 0 atom stereocenters. The Hall–Kier alpha value is -1.17. The lowest BCUT2D eigenvalue weighted by Crippen LogP contribution is -2.21. The topological polar surface area (TPSA) is 81.2 Å². The van der Waals surface area contributed by atoms with E-state index in [4.69, 9.17) is 17.3 Å². The van der Waals surface area contributed by atoms with E-state index in [1.165, 1.54) is 12.1 Å². The predicted molar refractivity (Wildman–Crippen MR) is 58.9 cm³/mol. The van der Waals surface area contributed by atoms with Gasteiger partial charge in [0, 0.05) is 25.7 Å². The summed E-state index contributed by atoms with van der Waals surface area (Å²) in [5, 5.41) is 13.8. The maximum absolute atomic E-state index is 10.6. The minimum absolute atomic E-state index is 0.0660. The molecule has 5 nitrogen and oxygen atoms in total. The van der Waals surface area contributed by atoms with Crippen molar-refractivity contribution < 1.29 is 4.92 Å². The predicted octanol–water partition coefficient (Wildman–Crippen LogP) is 1.30. The normalized spacial score (nSPS) is 10.3. The van der Waals surface area contributed by atoms with E-state index in [0.29, 0.717) is 19.6 Å². The first kappa shape index (κ1) is 11.9. The van der Waals surface area contributed by atoms with Crippen LogP contribution in [0, 0.1) is 10.1 Å². The number of hydrogen-bond acceptors (Lipinski definition) is 4. The zero-order chi connectivity index (χ0) is 11.3. The molecule has 0 saturated heterocycles. The molecule has 0 aromatic heterocycles.